The van der Waals surface area contributed by atoms with Crippen LogP contribution < -0.4 is 4.74 Å². The molecule has 0 aliphatic rings. The lowest BCUT2D eigenvalue weighted by Crippen LogP contribution is -1.96. The third-order valence-electron chi connectivity index (χ3n) is 1.62. The molecule has 0 aliphatic carbocycles. The second kappa shape index (κ2) is 7.29. The van der Waals surface area contributed by atoms with Crippen molar-refractivity contribution in [2.24, 2.45) is 0 Å². The number of benzene rings is 1. The van der Waals surface area contributed by atoms with Crippen LogP contribution in [-0.4, -0.2) is 31.0 Å². The Morgan fingerprint density at radius 1 is 1.36 bits per heavy atom. The predicted molar refractivity (Wildman–Crippen MR) is 51.9 cm³/mol. The lowest BCUT2D eigenvalue weighted by molar-refractivity contribution is 0.296. The summed E-state index contributed by atoms with van der Waals surface area (Å²) in [6.07, 6.45) is 0.418. The predicted octanol–water partition coefficient (Wildman–Crippen LogP) is 0.978. The second-order valence-electron chi connectivity index (χ2n) is 2.43. The van der Waals surface area contributed by atoms with Gasteiger partial charge in [-0.15, -0.1) is 0 Å². The molecule has 0 aliphatic heterocycles. The van der Waals surface area contributed by atoms with Crippen LogP contribution in [-0.2, 0) is 6.42 Å². The molecule has 1 aromatic carbocycles. The van der Waals surface area contributed by atoms with E-state index in [4.69, 9.17) is 14.9 Å². The Morgan fingerprint density at radius 2 is 2.00 bits per heavy atom. The molecule has 0 amide bonds. The fourth-order valence-electron chi connectivity index (χ4n) is 1.06. The van der Waals surface area contributed by atoms with Crippen LogP contribution in [0, 0.1) is 5.82 Å². The molecule has 4 heteroatoms. The average Bonchev–Trinajstić information content (AvgIpc) is 2.22. The van der Waals surface area contributed by atoms with Crippen molar-refractivity contribution in [3.8, 4) is 5.75 Å². The van der Waals surface area contributed by atoms with Crippen LogP contribution in [0.3, 0.4) is 0 Å². The van der Waals surface area contributed by atoms with Gasteiger partial charge < -0.3 is 14.9 Å². The van der Waals surface area contributed by atoms with Gasteiger partial charge in [0.25, 0.3) is 0 Å². The van der Waals surface area contributed by atoms with Crippen LogP contribution >= 0.6 is 0 Å². The summed E-state index contributed by atoms with van der Waals surface area (Å²) in [5, 5.41) is 15.7. The molecular weight excluding hydrogens is 187 g/mol. The summed E-state index contributed by atoms with van der Waals surface area (Å²) in [4.78, 5) is 0. The first-order chi connectivity index (χ1) is 6.77. The summed E-state index contributed by atoms with van der Waals surface area (Å²) < 4.78 is 17.6. The Balaban J connectivity index is 0.000000791. The van der Waals surface area contributed by atoms with Crippen molar-refractivity contribution in [2.45, 2.75) is 6.42 Å². The van der Waals surface area contributed by atoms with Crippen LogP contribution in [0.25, 0.3) is 0 Å². The summed E-state index contributed by atoms with van der Waals surface area (Å²) in [6, 6.07) is 4.26. The van der Waals surface area contributed by atoms with Crippen molar-refractivity contribution in [3.63, 3.8) is 0 Å². The molecule has 0 bridgehead atoms. The van der Waals surface area contributed by atoms with Gasteiger partial charge in [0.15, 0.2) is 0 Å². The van der Waals surface area contributed by atoms with Crippen LogP contribution in [0.4, 0.5) is 4.39 Å². The van der Waals surface area contributed by atoms with Crippen molar-refractivity contribution < 1.29 is 19.3 Å². The number of methoxy groups -OCH3 is 1. The van der Waals surface area contributed by atoms with E-state index in [1.54, 1.807) is 6.07 Å². The number of rotatable bonds is 3. The van der Waals surface area contributed by atoms with Crippen molar-refractivity contribution >= 4 is 0 Å². The van der Waals surface area contributed by atoms with Gasteiger partial charge >= 0.3 is 0 Å². The van der Waals surface area contributed by atoms with Gasteiger partial charge in [-0.3, -0.25) is 0 Å². The van der Waals surface area contributed by atoms with Crippen LogP contribution in [0.2, 0.25) is 0 Å². The fraction of sp³-hybridized carbons (Fsp3) is 0.400. The van der Waals surface area contributed by atoms with E-state index in [1.807, 2.05) is 0 Å². The molecule has 80 valence electrons. The Morgan fingerprint density at radius 3 is 2.50 bits per heavy atom. The highest BCUT2D eigenvalue weighted by Crippen LogP contribution is 2.19. The molecule has 14 heavy (non-hydrogen) atoms. The fourth-order valence-corrected chi connectivity index (χ4v) is 1.06. The lowest BCUT2D eigenvalue weighted by Gasteiger charge is -2.06. The number of hydrogen-bond acceptors (Lipinski definition) is 3. The Labute approximate surface area is 82.8 Å². The molecule has 1 rings (SSSR count). The summed E-state index contributed by atoms with van der Waals surface area (Å²) in [7, 11) is 2.52. The minimum absolute atomic E-state index is 0.000185. The molecule has 0 saturated carbocycles. The molecule has 0 unspecified atom stereocenters. The Kier molecular flexibility index (Phi) is 6.70. The SMILES string of the molecule is CO.COc1ccc(F)cc1CCO. The quantitative estimate of drug-likeness (QED) is 0.768. The molecule has 0 heterocycles. The van der Waals surface area contributed by atoms with E-state index in [2.05, 4.69) is 0 Å². The van der Waals surface area contributed by atoms with E-state index in [9.17, 15) is 4.39 Å². The maximum absolute atomic E-state index is 12.7. The van der Waals surface area contributed by atoms with Gasteiger partial charge in [0.2, 0.25) is 0 Å². The molecular formula is C10H15FO3. The van der Waals surface area contributed by atoms with Gasteiger partial charge in [-0.25, -0.2) is 4.39 Å². The molecule has 0 atom stereocenters. The molecule has 0 spiro atoms. The third-order valence-corrected chi connectivity index (χ3v) is 1.62. The van der Waals surface area contributed by atoms with E-state index in [0.717, 1.165) is 7.11 Å². The summed E-state index contributed by atoms with van der Waals surface area (Å²) in [5.74, 6) is 0.310. The molecule has 1 aromatic rings. The second-order valence-corrected chi connectivity index (χ2v) is 2.43. The van der Waals surface area contributed by atoms with Crippen molar-refractivity contribution in [3.05, 3.63) is 29.6 Å². The van der Waals surface area contributed by atoms with Crippen molar-refractivity contribution in [1.82, 2.24) is 0 Å². The van der Waals surface area contributed by atoms with E-state index < -0.39 is 0 Å². The first kappa shape index (κ1) is 12.9. The Hall–Kier alpha value is -1.13. The maximum Gasteiger partial charge on any atom is 0.123 e. The summed E-state index contributed by atoms with van der Waals surface area (Å²) >= 11 is 0. The minimum Gasteiger partial charge on any atom is -0.496 e. The highest BCUT2D eigenvalue weighted by atomic mass is 19.1. The first-order valence-corrected chi connectivity index (χ1v) is 4.16. The van der Waals surface area contributed by atoms with Crippen LogP contribution in [0.5, 0.6) is 5.75 Å². The molecule has 0 saturated heterocycles. The van der Waals surface area contributed by atoms with Crippen molar-refractivity contribution in [2.75, 3.05) is 20.8 Å². The van der Waals surface area contributed by atoms with Gasteiger partial charge in [0, 0.05) is 13.7 Å². The zero-order valence-electron chi connectivity index (χ0n) is 8.33. The highest BCUT2D eigenvalue weighted by Gasteiger charge is 2.02. The smallest absolute Gasteiger partial charge is 0.123 e. The minimum atomic E-state index is -0.306. The van der Waals surface area contributed by atoms with Crippen LogP contribution in [0.15, 0.2) is 18.2 Å². The largest absolute Gasteiger partial charge is 0.496 e. The average molecular weight is 202 g/mol. The molecule has 0 radical (unpaired) electrons. The molecule has 0 aromatic heterocycles. The molecule has 0 fully saturated rings. The number of aliphatic hydroxyl groups is 2. The topological polar surface area (TPSA) is 49.7 Å². The monoisotopic (exact) mass is 202 g/mol. The van der Waals surface area contributed by atoms with Gasteiger partial charge in [-0.2, -0.15) is 0 Å². The maximum atomic E-state index is 12.7. The third kappa shape index (κ3) is 3.72. The normalized spacial score (nSPS) is 8.93. The van der Waals surface area contributed by atoms with Gasteiger partial charge in [-0.05, 0) is 30.2 Å². The molecule has 2 N–H and O–H groups in total. The summed E-state index contributed by atoms with van der Waals surface area (Å²) in [5.41, 5.74) is 0.694. The number of aliphatic hydroxyl groups excluding tert-OH is 2. The standard InChI is InChI=1S/C9H11FO2.CH4O/c1-12-9-3-2-8(10)6-7(9)4-5-11;1-2/h2-3,6,11H,4-5H2,1H3;2H,1H3. The van der Waals surface area contributed by atoms with E-state index in [0.29, 0.717) is 17.7 Å². The van der Waals surface area contributed by atoms with E-state index >= 15 is 0 Å². The van der Waals surface area contributed by atoms with E-state index in [1.165, 1.54) is 19.2 Å². The lowest BCUT2D eigenvalue weighted by atomic mass is 10.1. The van der Waals surface area contributed by atoms with Crippen LogP contribution in [0.1, 0.15) is 5.56 Å². The van der Waals surface area contributed by atoms with Gasteiger partial charge in [0.05, 0.1) is 7.11 Å². The highest BCUT2D eigenvalue weighted by molar-refractivity contribution is 5.33. The number of halogens is 1. The summed E-state index contributed by atoms with van der Waals surface area (Å²) in [6.45, 7) is -0.000185. The number of ether oxygens (including phenoxy) is 1. The Bertz CT molecular complexity index is 264. The first-order valence-electron chi connectivity index (χ1n) is 4.16. The van der Waals surface area contributed by atoms with Gasteiger partial charge in [-0.1, -0.05) is 0 Å². The van der Waals surface area contributed by atoms with Crippen molar-refractivity contribution in [1.29, 1.82) is 0 Å². The van der Waals surface area contributed by atoms with E-state index in [-0.39, 0.29) is 12.4 Å². The number of hydrogen-bond donors (Lipinski definition) is 2. The zero-order chi connectivity index (χ0) is 11.0. The zero-order valence-corrected chi connectivity index (χ0v) is 8.33. The molecule has 3 nitrogen and oxygen atoms in total. The van der Waals surface area contributed by atoms with Gasteiger partial charge in [0.1, 0.15) is 11.6 Å².